The van der Waals surface area contributed by atoms with E-state index in [0.717, 1.165) is 24.2 Å². The highest BCUT2D eigenvalue weighted by Gasteiger charge is 2.27. The molecule has 3 nitrogen and oxygen atoms in total. The maximum absolute atomic E-state index is 12.6. The van der Waals surface area contributed by atoms with Crippen molar-refractivity contribution < 1.29 is 9.53 Å². The first-order valence-electron chi connectivity index (χ1n) is 7.56. The summed E-state index contributed by atoms with van der Waals surface area (Å²) in [6, 6.07) is 8.22. The number of hydrogen-bond acceptors (Lipinski definition) is 2. The van der Waals surface area contributed by atoms with Crippen LogP contribution in [0.5, 0.6) is 5.75 Å². The number of carbonyl (C=O) groups excluding carboxylic acids is 1. The lowest BCUT2D eigenvalue weighted by atomic mass is 9.87. The number of nitrogens with one attached hydrogen (secondary N) is 1. The second-order valence-electron chi connectivity index (χ2n) is 5.98. The topological polar surface area (TPSA) is 38.3 Å². The molecule has 0 aliphatic heterocycles. The molecule has 1 aliphatic rings. The Morgan fingerprint density at radius 1 is 1.20 bits per heavy atom. The third-order valence-corrected chi connectivity index (χ3v) is 4.13. The van der Waals surface area contributed by atoms with Crippen molar-refractivity contribution in [2.75, 3.05) is 7.11 Å². The summed E-state index contributed by atoms with van der Waals surface area (Å²) in [6.45, 7) is 4.20. The van der Waals surface area contributed by atoms with Crippen molar-refractivity contribution in [1.82, 2.24) is 5.32 Å². The molecule has 0 spiro atoms. The van der Waals surface area contributed by atoms with E-state index >= 15 is 0 Å². The molecule has 1 aliphatic carbocycles. The van der Waals surface area contributed by atoms with Gasteiger partial charge in [-0.2, -0.15) is 0 Å². The summed E-state index contributed by atoms with van der Waals surface area (Å²) in [6.07, 6.45) is 4.72. The van der Waals surface area contributed by atoms with Crippen LogP contribution < -0.4 is 10.1 Å². The molecule has 1 fully saturated rings. The minimum Gasteiger partial charge on any atom is -0.497 e. The third-order valence-electron chi connectivity index (χ3n) is 4.13. The van der Waals surface area contributed by atoms with E-state index in [1.54, 1.807) is 7.11 Å². The van der Waals surface area contributed by atoms with E-state index in [9.17, 15) is 4.79 Å². The second-order valence-corrected chi connectivity index (χ2v) is 5.98. The van der Waals surface area contributed by atoms with E-state index < -0.39 is 0 Å². The quantitative estimate of drug-likeness (QED) is 0.893. The maximum atomic E-state index is 12.6. The Bertz CT molecular complexity index is 433. The number of methoxy groups -OCH3 is 1. The van der Waals surface area contributed by atoms with Gasteiger partial charge in [0.1, 0.15) is 5.75 Å². The van der Waals surface area contributed by atoms with Crippen LogP contribution in [-0.2, 0) is 4.79 Å². The van der Waals surface area contributed by atoms with Gasteiger partial charge in [-0.05, 0) is 36.5 Å². The zero-order chi connectivity index (χ0) is 14.5. The van der Waals surface area contributed by atoms with E-state index in [0.29, 0.717) is 6.04 Å². The fourth-order valence-corrected chi connectivity index (χ4v) is 3.01. The predicted octanol–water partition coefficient (Wildman–Crippen LogP) is 3.49. The number of hydrogen-bond donors (Lipinski definition) is 1. The summed E-state index contributed by atoms with van der Waals surface area (Å²) in [7, 11) is 1.65. The van der Waals surface area contributed by atoms with Crippen LogP contribution in [0.25, 0.3) is 0 Å². The lowest BCUT2D eigenvalue weighted by molar-refractivity contribution is -0.124. The summed E-state index contributed by atoms with van der Waals surface area (Å²) >= 11 is 0. The standard InChI is InChI=1S/C17H25NO2/c1-12(2)16(13-8-10-15(20-3)11-9-13)17(19)18-14-6-4-5-7-14/h8-12,14,16H,4-7H2,1-3H3,(H,18,19). The fraction of sp³-hybridized carbons (Fsp3) is 0.588. The van der Waals surface area contributed by atoms with Crippen LogP contribution in [0.2, 0.25) is 0 Å². The van der Waals surface area contributed by atoms with Gasteiger partial charge in [0, 0.05) is 6.04 Å². The number of carbonyl (C=O) groups is 1. The minimum atomic E-state index is -0.0819. The molecule has 1 aromatic carbocycles. The van der Waals surface area contributed by atoms with Gasteiger partial charge in [-0.1, -0.05) is 38.8 Å². The average Bonchev–Trinajstić information content (AvgIpc) is 2.92. The fourth-order valence-electron chi connectivity index (χ4n) is 3.01. The number of rotatable bonds is 5. The molecule has 1 saturated carbocycles. The Morgan fingerprint density at radius 2 is 1.80 bits per heavy atom. The highest BCUT2D eigenvalue weighted by molar-refractivity contribution is 5.84. The molecule has 1 unspecified atom stereocenters. The third kappa shape index (κ3) is 3.53. The van der Waals surface area contributed by atoms with Gasteiger partial charge in [0.05, 0.1) is 13.0 Å². The van der Waals surface area contributed by atoms with Crippen molar-refractivity contribution in [3.8, 4) is 5.75 Å². The highest BCUT2D eigenvalue weighted by atomic mass is 16.5. The summed E-state index contributed by atoms with van der Waals surface area (Å²) in [5.74, 6) is 1.19. The first-order chi connectivity index (χ1) is 9.61. The molecule has 1 N–H and O–H groups in total. The van der Waals surface area contributed by atoms with Crippen molar-refractivity contribution in [1.29, 1.82) is 0 Å². The summed E-state index contributed by atoms with van der Waals surface area (Å²) < 4.78 is 5.18. The Labute approximate surface area is 121 Å². The molecular weight excluding hydrogens is 250 g/mol. The van der Waals surface area contributed by atoms with Gasteiger partial charge in [-0.3, -0.25) is 4.79 Å². The molecule has 0 saturated heterocycles. The van der Waals surface area contributed by atoms with Gasteiger partial charge in [0.15, 0.2) is 0 Å². The number of ether oxygens (including phenoxy) is 1. The predicted molar refractivity (Wildman–Crippen MR) is 81.0 cm³/mol. The monoisotopic (exact) mass is 275 g/mol. The van der Waals surface area contributed by atoms with E-state index in [1.165, 1.54) is 12.8 Å². The molecule has 0 bridgehead atoms. The van der Waals surface area contributed by atoms with Crippen molar-refractivity contribution in [3.63, 3.8) is 0 Å². The first kappa shape index (κ1) is 14.9. The number of benzene rings is 1. The molecule has 1 aromatic rings. The van der Waals surface area contributed by atoms with Crippen molar-refractivity contribution in [2.45, 2.75) is 51.5 Å². The van der Waals surface area contributed by atoms with Gasteiger partial charge in [-0.25, -0.2) is 0 Å². The van der Waals surface area contributed by atoms with Crippen molar-refractivity contribution in [2.24, 2.45) is 5.92 Å². The van der Waals surface area contributed by atoms with Crippen LogP contribution in [0.4, 0.5) is 0 Å². The van der Waals surface area contributed by atoms with Crippen LogP contribution in [-0.4, -0.2) is 19.1 Å². The number of amides is 1. The van der Waals surface area contributed by atoms with E-state index in [1.807, 2.05) is 24.3 Å². The Kier molecular flexibility index (Phi) is 5.05. The summed E-state index contributed by atoms with van der Waals surface area (Å²) in [4.78, 5) is 12.6. The van der Waals surface area contributed by atoms with Gasteiger partial charge >= 0.3 is 0 Å². The van der Waals surface area contributed by atoms with Crippen LogP contribution >= 0.6 is 0 Å². The zero-order valence-electron chi connectivity index (χ0n) is 12.7. The molecule has 1 atom stereocenters. The Morgan fingerprint density at radius 3 is 2.30 bits per heavy atom. The maximum Gasteiger partial charge on any atom is 0.228 e. The minimum absolute atomic E-state index is 0.0819. The van der Waals surface area contributed by atoms with Crippen LogP contribution in [0.1, 0.15) is 51.0 Å². The van der Waals surface area contributed by atoms with Gasteiger partial charge < -0.3 is 10.1 Å². The van der Waals surface area contributed by atoms with Crippen molar-refractivity contribution in [3.05, 3.63) is 29.8 Å². The summed E-state index contributed by atoms with van der Waals surface area (Å²) in [5, 5.41) is 3.22. The van der Waals surface area contributed by atoms with Crippen molar-refractivity contribution >= 4 is 5.91 Å². The first-order valence-corrected chi connectivity index (χ1v) is 7.56. The molecule has 0 aromatic heterocycles. The highest BCUT2D eigenvalue weighted by Crippen LogP contribution is 2.27. The largest absolute Gasteiger partial charge is 0.497 e. The lowest BCUT2D eigenvalue weighted by Gasteiger charge is -2.23. The lowest BCUT2D eigenvalue weighted by Crippen LogP contribution is -2.38. The van der Waals surface area contributed by atoms with E-state index in [4.69, 9.17) is 4.74 Å². The van der Waals surface area contributed by atoms with E-state index in [2.05, 4.69) is 19.2 Å². The van der Waals surface area contributed by atoms with Crippen LogP contribution in [0, 0.1) is 5.92 Å². The van der Waals surface area contributed by atoms with Crippen LogP contribution in [0.3, 0.4) is 0 Å². The van der Waals surface area contributed by atoms with Gasteiger partial charge in [0.2, 0.25) is 5.91 Å². The molecule has 20 heavy (non-hydrogen) atoms. The molecule has 2 rings (SSSR count). The SMILES string of the molecule is COc1ccc(C(C(=O)NC2CCCC2)C(C)C)cc1. The normalized spacial score (nSPS) is 17.2. The smallest absolute Gasteiger partial charge is 0.228 e. The molecule has 0 radical (unpaired) electrons. The Hall–Kier alpha value is -1.51. The van der Waals surface area contributed by atoms with Crippen LogP contribution in [0.15, 0.2) is 24.3 Å². The van der Waals surface area contributed by atoms with Gasteiger partial charge in [0.25, 0.3) is 0 Å². The Balaban J connectivity index is 2.10. The second kappa shape index (κ2) is 6.78. The van der Waals surface area contributed by atoms with E-state index in [-0.39, 0.29) is 17.7 Å². The molecule has 1 amide bonds. The molecule has 3 heteroatoms. The molecule has 110 valence electrons. The average molecular weight is 275 g/mol. The summed E-state index contributed by atoms with van der Waals surface area (Å²) in [5.41, 5.74) is 1.07. The molecule has 0 heterocycles. The zero-order valence-corrected chi connectivity index (χ0v) is 12.7. The molecular formula is C17H25NO2. The van der Waals surface area contributed by atoms with Gasteiger partial charge in [-0.15, -0.1) is 0 Å².